The van der Waals surface area contributed by atoms with Crippen molar-refractivity contribution >= 4 is 12.2 Å². The molecule has 15 heavy (non-hydrogen) atoms. The summed E-state index contributed by atoms with van der Waals surface area (Å²) >= 11 is 4.94. The van der Waals surface area contributed by atoms with Crippen molar-refractivity contribution in [2.24, 2.45) is 0 Å². The zero-order valence-electron chi connectivity index (χ0n) is 8.27. The van der Waals surface area contributed by atoms with Gasteiger partial charge in [-0.1, -0.05) is 12.2 Å². The van der Waals surface area contributed by atoms with E-state index in [4.69, 9.17) is 17.0 Å². The summed E-state index contributed by atoms with van der Waals surface area (Å²) in [5.74, 6) is 0. The molecule has 1 saturated heterocycles. The molecule has 1 aromatic rings. The lowest BCUT2D eigenvalue weighted by molar-refractivity contribution is -0.113. The first kappa shape index (κ1) is 10.5. The molecule has 1 aliphatic rings. The van der Waals surface area contributed by atoms with E-state index in [2.05, 4.69) is 4.98 Å². The smallest absolute Gasteiger partial charge is 0.328 e. The molecule has 0 aliphatic carbocycles. The Labute approximate surface area is 91.3 Å². The number of hydrogen-bond donors (Lipinski definition) is 2. The number of aryl methyl sites for hydroxylation is 1. The van der Waals surface area contributed by atoms with Gasteiger partial charge < -0.3 is 9.84 Å². The number of H-pyrrole nitrogens is 1. The van der Waals surface area contributed by atoms with Crippen LogP contribution in [0.15, 0.2) is 11.0 Å². The third-order valence-corrected chi connectivity index (χ3v) is 2.85. The third kappa shape index (κ3) is 2.01. The number of aliphatic hydroxyl groups is 1. The van der Waals surface area contributed by atoms with Gasteiger partial charge in [-0.25, -0.2) is 4.79 Å². The minimum absolute atomic E-state index is 0.301. The van der Waals surface area contributed by atoms with E-state index in [1.807, 2.05) is 6.92 Å². The second-order valence-electron chi connectivity index (χ2n) is 3.60. The summed E-state index contributed by atoms with van der Waals surface area (Å²) in [6.45, 7) is 1.82. The van der Waals surface area contributed by atoms with Gasteiger partial charge in [-0.15, -0.1) is 0 Å². The van der Waals surface area contributed by atoms with Gasteiger partial charge in [0.1, 0.15) is 10.9 Å². The van der Waals surface area contributed by atoms with Crippen molar-refractivity contribution in [3.05, 3.63) is 26.9 Å². The summed E-state index contributed by atoms with van der Waals surface area (Å²) in [6, 6.07) is 0. The number of aromatic amines is 1. The molecule has 2 unspecified atom stereocenters. The van der Waals surface area contributed by atoms with Gasteiger partial charge in [-0.3, -0.25) is 9.55 Å². The summed E-state index contributed by atoms with van der Waals surface area (Å²) in [5, 5.41) is 9.21. The molecule has 2 atom stereocenters. The molecule has 5 nitrogen and oxygen atoms in total. The molecular formula is C9H12N2O3S. The van der Waals surface area contributed by atoms with Crippen molar-refractivity contribution in [2.75, 3.05) is 0 Å². The maximum Gasteiger partial charge on any atom is 0.328 e. The Morgan fingerprint density at radius 3 is 3.00 bits per heavy atom. The van der Waals surface area contributed by atoms with Gasteiger partial charge >= 0.3 is 5.69 Å². The number of aliphatic hydroxyl groups excluding tert-OH is 1. The van der Waals surface area contributed by atoms with Crippen molar-refractivity contribution in [1.82, 2.24) is 9.55 Å². The number of nitrogens with zero attached hydrogens (tertiary/aromatic N) is 1. The van der Waals surface area contributed by atoms with Crippen LogP contribution in [0.3, 0.4) is 0 Å². The molecule has 1 aliphatic heterocycles. The first-order valence-corrected chi connectivity index (χ1v) is 5.14. The van der Waals surface area contributed by atoms with Crippen LogP contribution in [0, 0.1) is 11.6 Å². The van der Waals surface area contributed by atoms with Crippen LogP contribution < -0.4 is 5.69 Å². The molecule has 82 valence electrons. The second-order valence-corrected chi connectivity index (χ2v) is 4.01. The summed E-state index contributed by atoms with van der Waals surface area (Å²) in [5.41, 5.74) is 0.513. The molecule has 0 radical (unpaired) electrons. The molecule has 0 bridgehead atoms. The highest BCUT2D eigenvalue weighted by molar-refractivity contribution is 7.71. The minimum Gasteiger partial charge on any atom is -0.368 e. The molecule has 0 amide bonds. The Morgan fingerprint density at radius 1 is 1.67 bits per heavy atom. The van der Waals surface area contributed by atoms with Gasteiger partial charge in [0.25, 0.3) is 0 Å². The van der Waals surface area contributed by atoms with Crippen LogP contribution in [-0.4, -0.2) is 20.9 Å². The van der Waals surface area contributed by atoms with E-state index in [-0.39, 0.29) is 5.69 Å². The fourth-order valence-electron chi connectivity index (χ4n) is 1.61. The lowest BCUT2D eigenvalue weighted by Gasteiger charge is -2.13. The number of ether oxygens (including phenoxy) is 1. The minimum atomic E-state index is -0.773. The van der Waals surface area contributed by atoms with Crippen LogP contribution >= 0.6 is 12.2 Å². The fourth-order valence-corrected chi connectivity index (χ4v) is 1.75. The fraction of sp³-hybridized carbons (Fsp3) is 0.556. The third-order valence-electron chi connectivity index (χ3n) is 2.43. The SMILES string of the molecule is Cc1cn(C2CCC(O)O2)c(=O)[nH]c1=S. The van der Waals surface area contributed by atoms with E-state index in [9.17, 15) is 9.90 Å². The summed E-state index contributed by atoms with van der Waals surface area (Å²) in [4.78, 5) is 14.1. The van der Waals surface area contributed by atoms with Gasteiger partial charge in [-0.2, -0.15) is 0 Å². The van der Waals surface area contributed by atoms with Crippen LogP contribution in [0.5, 0.6) is 0 Å². The largest absolute Gasteiger partial charge is 0.368 e. The van der Waals surface area contributed by atoms with Gasteiger partial charge in [0.2, 0.25) is 0 Å². The zero-order valence-corrected chi connectivity index (χ0v) is 9.08. The first-order chi connectivity index (χ1) is 7.08. The Kier molecular flexibility index (Phi) is 2.72. The van der Waals surface area contributed by atoms with Crippen molar-refractivity contribution in [3.63, 3.8) is 0 Å². The lowest BCUT2D eigenvalue weighted by Crippen LogP contribution is -2.27. The van der Waals surface area contributed by atoms with Gasteiger partial charge in [0, 0.05) is 18.2 Å². The molecule has 0 spiro atoms. The van der Waals surface area contributed by atoms with Crippen molar-refractivity contribution in [1.29, 1.82) is 0 Å². The Morgan fingerprint density at radius 2 is 2.40 bits per heavy atom. The highest BCUT2D eigenvalue weighted by Crippen LogP contribution is 2.25. The van der Waals surface area contributed by atoms with Crippen LogP contribution in [0.4, 0.5) is 0 Å². The Bertz CT molecular complexity index is 479. The van der Waals surface area contributed by atoms with Crippen LogP contribution in [0.25, 0.3) is 0 Å². The monoisotopic (exact) mass is 228 g/mol. The van der Waals surface area contributed by atoms with E-state index >= 15 is 0 Å². The topological polar surface area (TPSA) is 67.2 Å². The molecule has 2 N–H and O–H groups in total. The van der Waals surface area contributed by atoms with Crippen molar-refractivity contribution < 1.29 is 9.84 Å². The molecule has 1 aromatic heterocycles. The Hall–Kier alpha value is -0.980. The summed E-state index contributed by atoms with van der Waals surface area (Å²) in [6.07, 6.45) is 1.67. The first-order valence-electron chi connectivity index (χ1n) is 4.73. The molecule has 2 rings (SSSR count). The van der Waals surface area contributed by atoms with E-state index < -0.39 is 12.5 Å². The molecule has 6 heteroatoms. The highest BCUT2D eigenvalue weighted by atomic mass is 32.1. The Balaban J connectivity index is 2.41. The quantitative estimate of drug-likeness (QED) is 0.699. The standard InChI is InChI=1S/C9H12N2O3S/c1-5-4-11(9(13)10-8(5)15)6-2-3-7(12)14-6/h4,6-7,12H,2-3H2,1H3,(H,10,13,15). The maximum atomic E-state index is 11.6. The van der Waals surface area contributed by atoms with Gasteiger partial charge in [-0.05, 0) is 13.3 Å². The number of hydrogen-bond acceptors (Lipinski definition) is 4. The second kappa shape index (κ2) is 3.88. The number of rotatable bonds is 1. The van der Waals surface area contributed by atoms with E-state index in [0.29, 0.717) is 17.5 Å². The number of nitrogens with one attached hydrogen (secondary N) is 1. The van der Waals surface area contributed by atoms with E-state index in [0.717, 1.165) is 5.56 Å². The highest BCUT2D eigenvalue weighted by Gasteiger charge is 2.25. The van der Waals surface area contributed by atoms with E-state index in [1.54, 1.807) is 6.20 Å². The predicted octanol–water partition coefficient (Wildman–Crippen LogP) is 0.842. The van der Waals surface area contributed by atoms with E-state index in [1.165, 1.54) is 4.57 Å². The summed E-state index contributed by atoms with van der Waals surface area (Å²) < 4.78 is 7.06. The normalized spacial score (nSPS) is 25.7. The van der Waals surface area contributed by atoms with Crippen molar-refractivity contribution in [3.8, 4) is 0 Å². The van der Waals surface area contributed by atoms with Crippen LogP contribution in [0.1, 0.15) is 24.6 Å². The summed E-state index contributed by atoms with van der Waals surface area (Å²) in [7, 11) is 0. The molecule has 1 fully saturated rings. The lowest BCUT2D eigenvalue weighted by atomic mass is 10.3. The van der Waals surface area contributed by atoms with Gasteiger partial charge in [0.15, 0.2) is 6.29 Å². The average Bonchev–Trinajstić information content (AvgIpc) is 2.58. The maximum absolute atomic E-state index is 11.6. The zero-order chi connectivity index (χ0) is 11.0. The van der Waals surface area contributed by atoms with Crippen LogP contribution in [0.2, 0.25) is 0 Å². The molecule has 0 saturated carbocycles. The average molecular weight is 228 g/mol. The van der Waals surface area contributed by atoms with Crippen molar-refractivity contribution in [2.45, 2.75) is 32.3 Å². The predicted molar refractivity (Wildman–Crippen MR) is 56.0 cm³/mol. The molecule has 0 aromatic carbocycles. The van der Waals surface area contributed by atoms with Crippen LogP contribution in [-0.2, 0) is 4.74 Å². The molecular weight excluding hydrogens is 216 g/mol. The van der Waals surface area contributed by atoms with Gasteiger partial charge in [0.05, 0.1) is 0 Å². The number of aromatic nitrogens is 2. The molecule has 2 heterocycles.